The van der Waals surface area contributed by atoms with Crippen LogP contribution in [-0.4, -0.2) is 12.1 Å². The van der Waals surface area contributed by atoms with Gasteiger partial charge in [0.15, 0.2) is 0 Å². The number of ether oxygens (including phenoxy) is 1. The summed E-state index contributed by atoms with van der Waals surface area (Å²) in [6, 6.07) is 4.36. The minimum Gasteiger partial charge on any atom is -0.493 e. The molecule has 1 aliphatic rings. The molecular formula is C16H24BrNO. The Bertz CT molecular complexity index is 432. The number of hydrogen-bond donors (Lipinski definition) is 1. The van der Waals surface area contributed by atoms with E-state index in [1.807, 2.05) is 0 Å². The first-order chi connectivity index (χ1) is 9.14. The summed E-state index contributed by atoms with van der Waals surface area (Å²) < 4.78 is 6.95. The molecule has 0 aliphatic carbocycles. The molecule has 1 heterocycles. The normalized spacial score (nSPS) is 14.3. The highest BCUT2D eigenvalue weighted by Crippen LogP contribution is 2.33. The fourth-order valence-electron chi connectivity index (χ4n) is 2.89. The summed E-state index contributed by atoms with van der Waals surface area (Å²) in [5, 5.41) is 3.75. The first-order valence-corrected chi connectivity index (χ1v) is 8.12. The Morgan fingerprint density at radius 3 is 2.53 bits per heavy atom. The van der Waals surface area contributed by atoms with Crippen LogP contribution in [0.4, 0.5) is 0 Å². The maximum Gasteiger partial charge on any atom is 0.127 e. The van der Waals surface area contributed by atoms with Crippen molar-refractivity contribution in [3.63, 3.8) is 0 Å². The summed E-state index contributed by atoms with van der Waals surface area (Å²) in [7, 11) is 0. The number of halogens is 1. The van der Waals surface area contributed by atoms with Gasteiger partial charge in [0, 0.05) is 28.5 Å². The van der Waals surface area contributed by atoms with Crippen LogP contribution in [-0.2, 0) is 13.0 Å². The van der Waals surface area contributed by atoms with Crippen LogP contribution in [0.25, 0.3) is 0 Å². The van der Waals surface area contributed by atoms with Gasteiger partial charge in [-0.2, -0.15) is 0 Å². The zero-order valence-electron chi connectivity index (χ0n) is 12.2. The Balaban J connectivity index is 2.16. The molecule has 1 aliphatic heterocycles. The third-order valence-electron chi connectivity index (χ3n) is 4.51. The summed E-state index contributed by atoms with van der Waals surface area (Å²) in [6.07, 6.45) is 4.52. The van der Waals surface area contributed by atoms with E-state index in [4.69, 9.17) is 4.74 Å². The lowest BCUT2D eigenvalue weighted by Crippen LogP contribution is -2.43. The van der Waals surface area contributed by atoms with E-state index in [0.29, 0.717) is 0 Å². The van der Waals surface area contributed by atoms with E-state index in [-0.39, 0.29) is 5.54 Å². The molecule has 0 atom stereocenters. The zero-order valence-corrected chi connectivity index (χ0v) is 13.8. The average Bonchev–Trinajstić information content (AvgIpc) is 2.88. The fourth-order valence-corrected chi connectivity index (χ4v) is 3.44. The van der Waals surface area contributed by atoms with Gasteiger partial charge < -0.3 is 10.1 Å². The molecule has 0 radical (unpaired) electrons. The first kappa shape index (κ1) is 14.9. The molecule has 1 N–H and O–H groups in total. The molecule has 0 saturated carbocycles. The highest BCUT2D eigenvalue weighted by molar-refractivity contribution is 9.10. The molecule has 0 aromatic heterocycles. The lowest BCUT2D eigenvalue weighted by Gasteiger charge is -2.32. The van der Waals surface area contributed by atoms with Gasteiger partial charge in [-0.15, -0.1) is 0 Å². The standard InChI is InChI=1S/C16H24BrNO/c1-4-16(5-2,6-3)18-11-13-10-14(17)9-12-7-8-19-15(12)13/h9-10,18H,4-8,11H2,1-3H3. The number of fused-ring (bicyclic) bond motifs is 1. The summed E-state index contributed by atoms with van der Waals surface area (Å²) in [6.45, 7) is 8.50. The van der Waals surface area contributed by atoms with Crippen LogP contribution in [0.15, 0.2) is 16.6 Å². The second-order valence-corrected chi connectivity index (χ2v) is 6.26. The van der Waals surface area contributed by atoms with Gasteiger partial charge >= 0.3 is 0 Å². The Morgan fingerprint density at radius 1 is 1.21 bits per heavy atom. The van der Waals surface area contributed by atoms with Crippen LogP contribution in [0.3, 0.4) is 0 Å². The Hall–Kier alpha value is -0.540. The zero-order chi connectivity index (χ0) is 13.9. The predicted octanol–water partition coefficient (Wildman–Crippen LogP) is 4.44. The molecule has 0 saturated heterocycles. The average molecular weight is 326 g/mol. The van der Waals surface area contributed by atoms with Gasteiger partial charge in [0.05, 0.1) is 6.61 Å². The van der Waals surface area contributed by atoms with Crippen molar-refractivity contribution in [3.05, 3.63) is 27.7 Å². The van der Waals surface area contributed by atoms with E-state index in [2.05, 4.69) is 54.2 Å². The third kappa shape index (κ3) is 3.14. The van der Waals surface area contributed by atoms with E-state index in [1.165, 1.54) is 11.1 Å². The van der Waals surface area contributed by atoms with Gasteiger partial charge in [-0.25, -0.2) is 0 Å². The van der Waals surface area contributed by atoms with Gasteiger partial charge in [0.1, 0.15) is 5.75 Å². The van der Waals surface area contributed by atoms with Crippen molar-refractivity contribution in [1.29, 1.82) is 0 Å². The summed E-state index contributed by atoms with van der Waals surface area (Å²) in [5.74, 6) is 1.10. The quantitative estimate of drug-likeness (QED) is 0.834. The highest BCUT2D eigenvalue weighted by atomic mass is 79.9. The van der Waals surface area contributed by atoms with Gasteiger partial charge in [-0.1, -0.05) is 36.7 Å². The van der Waals surface area contributed by atoms with Gasteiger partial charge in [0.2, 0.25) is 0 Å². The summed E-state index contributed by atoms with van der Waals surface area (Å²) in [4.78, 5) is 0. The van der Waals surface area contributed by atoms with Crippen LogP contribution >= 0.6 is 15.9 Å². The van der Waals surface area contributed by atoms with Crippen LogP contribution in [0, 0.1) is 0 Å². The van der Waals surface area contributed by atoms with Gasteiger partial charge in [-0.3, -0.25) is 0 Å². The Morgan fingerprint density at radius 2 is 1.89 bits per heavy atom. The second kappa shape index (κ2) is 6.27. The van der Waals surface area contributed by atoms with E-state index in [0.717, 1.165) is 49.1 Å². The molecule has 1 aromatic carbocycles. The van der Waals surface area contributed by atoms with E-state index in [1.54, 1.807) is 0 Å². The molecule has 0 amide bonds. The second-order valence-electron chi connectivity index (χ2n) is 5.35. The summed E-state index contributed by atoms with van der Waals surface area (Å²) >= 11 is 3.60. The first-order valence-electron chi connectivity index (χ1n) is 7.33. The van der Waals surface area contributed by atoms with Crippen molar-refractivity contribution in [1.82, 2.24) is 5.32 Å². The molecule has 0 unspecified atom stereocenters. The maximum atomic E-state index is 5.79. The molecule has 19 heavy (non-hydrogen) atoms. The van der Waals surface area contributed by atoms with Crippen molar-refractivity contribution in [2.24, 2.45) is 0 Å². The van der Waals surface area contributed by atoms with Crippen molar-refractivity contribution in [3.8, 4) is 5.75 Å². The molecule has 3 heteroatoms. The van der Waals surface area contributed by atoms with Crippen LogP contribution in [0.5, 0.6) is 5.75 Å². The number of hydrogen-bond acceptors (Lipinski definition) is 2. The Kier molecular flexibility index (Phi) is 4.91. The molecule has 0 bridgehead atoms. The van der Waals surface area contributed by atoms with E-state index < -0.39 is 0 Å². The topological polar surface area (TPSA) is 21.3 Å². The van der Waals surface area contributed by atoms with Crippen LogP contribution in [0.1, 0.15) is 51.2 Å². The maximum absolute atomic E-state index is 5.79. The minimum absolute atomic E-state index is 0.258. The van der Waals surface area contributed by atoms with Crippen LogP contribution < -0.4 is 10.1 Å². The SMILES string of the molecule is CCC(CC)(CC)NCc1cc(Br)cc2c1OCC2. The fraction of sp³-hybridized carbons (Fsp3) is 0.625. The number of benzene rings is 1. The lowest BCUT2D eigenvalue weighted by molar-refractivity contribution is 0.284. The highest BCUT2D eigenvalue weighted by Gasteiger charge is 2.24. The molecule has 0 fully saturated rings. The molecule has 2 rings (SSSR count). The largest absolute Gasteiger partial charge is 0.493 e. The third-order valence-corrected chi connectivity index (χ3v) is 4.97. The molecule has 0 spiro atoms. The van der Waals surface area contributed by atoms with Crippen molar-refractivity contribution in [2.45, 2.75) is 58.5 Å². The van der Waals surface area contributed by atoms with Crippen LogP contribution in [0.2, 0.25) is 0 Å². The number of nitrogens with one attached hydrogen (secondary N) is 1. The molecule has 1 aromatic rings. The minimum atomic E-state index is 0.258. The van der Waals surface area contributed by atoms with E-state index >= 15 is 0 Å². The number of rotatable bonds is 6. The van der Waals surface area contributed by atoms with Crippen molar-refractivity contribution in [2.75, 3.05) is 6.61 Å². The summed E-state index contributed by atoms with van der Waals surface area (Å²) in [5.41, 5.74) is 2.87. The molecule has 106 valence electrons. The molecular weight excluding hydrogens is 302 g/mol. The Labute approximate surface area is 125 Å². The van der Waals surface area contributed by atoms with E-state index in [9.17, 15) is 0 Å². The van der Waals surface area contributed by atoms with Gasteiger partial charge in [0.25, 0.3) is 0 Å². The smallest absolute Gasteiger partial charge is 0.127 e. The monoisotopic (exact) mass is 325 g/mol. The predicted molar refractivity (Wildman–Crippen MR) is 83.8 cm³/mol. The lowest BCUT2D eigenvalue weighted by atomic mass is 9.89. The van der Waals surface area contributed by atoms with Crippen molar-refractivity contribution >= 4 is 15.9 Å². The van der Waals surface area contributed by atoms with Gasteiger partial charge in [-0.05, 0) is 37.0 Å². The van der Waals surface area contributed by atoms with Crippen molar-refractivity contribution < 1.29 is 4.74 Å². The molecule has 2 nitrogen and oxygen atoms in total.